The third-order valence-electron chi connectivity index (χ3n) is 2.99. The van der Waals surface area contributed by atoms with E-state index in [1.54, 1.807) is 0 Å². The lowest BCUT2D eigenvalue weighted by Crippen LogP contribution is -2.11. The maximum absolute atomic E-state index is 9.02. The first-order chi connectivity index (χ1) is 11.1. The Morgan fingerprint density at radius 2 is 1.65 bits per heavy atom. The summed E-state index contributed by atoms with van der Waals surface area (Å²) in [5, 5.41) is 23.8. The molecule has 124 valence electrons. The summed E-state index contributed by atoms with van der Waals surface area (Å²) in [4.78, 5) is 14.2. The van der Waals surface area contributed by atoms with E-state index in [0.717, 1.165) is 11.4 Å². The summed E-state index contributed by atoms with van der Waals surface area (Å²) < 4.78 is 0. The molecule has 0 aliphatic rings. The van der Waals surface area contributed by atoms with Crippen LogP contribution >= 0.6 is 0 Å². The molecule has 1 aromatic heterocycles. The van der Waals surface area contributed by atoms with Crippen LogP contribution in [0.5, 0.6) is 0 Å². The van der Waals surface area contributed by atoms with Gasteiger partial charge in [-0.15, -0.1) is 0 Å². The van der Waals surface area contributed by atoms with E-state index in [4.69, 9.17) is 10.3 Å². The van der Waals surface area contributed by atoms with E-state index >= 15 is 0 Å². The third kappa shape index (κ3) is 4.94. The summed E-state index contributed by atoms with van der Waals surface area (Å²) in [6.45, 7) is 0.592. The molecule has 5 N–H and O–H groups in total. The average molecular weight is 319 g/mol. The number of aliphatic hydroxyl groups is 1. The highest BCUT2D eigenvalue weighted by atomic mass is 16.5. The number of aromatic nitrogens is 3. The van der Waals surface area contributed by atoms with Crippen LogP contribution in [0.3, 0.4) is 0 Å². The van der Waals surface area contributed by atoms with Gasteiger partial charge in [-0.3, -0.25) is 5.21 Å². The van der Waals surface area contributed by atoms with Crippen molar-refractivity contribution in [3.05, 3.63) is 24.3 Å². The van der Waals surface area contributed by atoms with Crippen LogP contribution in [0.1, 0.15) is 6.42 Å². The molecule has 0 bridgehead atoms. The van der Waals surface area contributed by atoms with Crippen LogP contribution in [-0.4, -0.2) is 52.5 Å². The SMILES string of the molecule is CN(C)c1ccc(Nc2nc(NO)nc(NCCCO)n2)cc1. The van der Waals surface area contributed by atoms with Gasteiger partial charge in [0, 0.05) is 38.6 Å². The van der Waals surface area contributed by atoms with Crippen molar-refractivity contribution in [3.8, 4) is 0 Å². The first-order valence-electron chi connectivity index (χ1n) is 7.17. The highest BCUT2D eigenvalue weighted by Gasteiger charge is 2.06. The quantitative estimate of drug-likeness (QED) is 0.362. The molecule has 23 heavy (non-hydrogen) atoms. The average Bonchev–Trinajstić information content (AvgIpc) is 2.55. The van der Waals surface area contributed by atoms with Crippen LogP contribution in [-0.2, 0) is 0 Å². The minimum Gasteiger partial charge on any atom is -0.396 e. The van der Waals surface area contributed by atoms with Gasteiger partial charge >= 0.3 is 0 Å². The molecule has 0 unspecified atom stereocenters. The summed E-state index contributed by atoms with van der Waals surface area (Å²) in [6.07, 6.45) is 0.572. The Morgan fingerprint density at radius 3 is 2.26 bits per heavy atom. The van der Waals surface area contributed by atoms with Crippen molar-refractivity contribution in [1.82, 2.24) is 15.0 Å². The maximum Gasteiger partial charge on any atom is 0.253 e. The van der Waals surface area contributed by atoms with E-state index in [1.165, 1.54) is 0 Å². The van der Waals surface area contributed by atoms with Gasteiger partial charge in [-0.1, -0.05) is 0 Å². The Bertz CT molecular complexity index is 619. The van der Waals surface area contributed by atoms with Crippen molar-refractivity contribution in [3.63, 3.8) is 0 Å². The Labute approximate surface area is 134 Å². The second kappa shape index (κ2) is 8.11. The van der Waals surface area contributed by atoms with Gasteiger partial charge in [0.25, 0.3) is 5.95 Å². The first-order valence-corrected chi connectivity index (χ1v) is 7.17. The fraction of sp³-hybridized carbons (Fsp3) is 0.357. The van der Waals surface area contributed by atoms with Crippen molar-refractivity contribution >= 4 is 29.2 Å². The van der Waals surface area contributed by atoms with Crippen molar-refractivity contribution in [2.75, 3.05) is 48.3 Å². The Kier molecular flexibility index (Phi) is 5.89. The molecule has 1 heterocycles. The normalized spacial score (nSPS) is 10.3. The number of nitrogens with one attached hydrogen (secondary N) is 3. The molecular formula is C14H21N7O2. The van der Waals surface area contributed by atoms with Crippen molar-refractivity contribution in [2.24, 2.45) is 0 Å². The van der Waals surface area contributed by atoms with Gasteiger partial charge in [-0.05, 0) is 30.7 Å². The first kappa shape index (κ1) is 16.7. The smallest absolute Gasteiger partial charge is 0.253 e. The number of aliphatic hydroxyl groups excluding tert-OH is 1. The molecule has 9 nitrogen and oxygen atoms in total. The van der Waals surface area contributed by atoms with Gasteiger partial charge in [0.15, 0.2) is 0 Å². The van der Waals surface area contributed by atoms with Crippen LogP contribution in [0.25, 0.3) is 0 Å². The summed E-state index contributed by atoms with van der Waals surface area (Å²) in [7, 11) is 3.94. The van der Waals surface area contributed by atoms with E-state index in [1.807, 2.05) is 48.7 Å². The molecule has 0 atom stereocenters. The fourth-order valence-corrected chi connectivity index (χ4v) is 1.81. The van der Waals surface area contributed by atoms with E-state index < -0.39 is 0 Å². The predicted molar refractivity (Wildman–Crippen MR) is 89.5 cm³/mol. The summed E-state index contributed by atoms with van der Waals surface area (Å²) >= 11 is 0. The topological polar surface area (TPSA) is 118 Å². The Hall–Kier alpha value is -2.65. The standard InChI is InChI=1S/C14H21N7O2/c1-21(2)11-6-4-10(5-7-11)16-13-17-12(15-8-3-9-22)18-14(19-13)20-23/h4-7,22-23H,3,8-9H2,1-2H3,(H3,15,16,17,18,19,20). The van der Waals surface area contributed by atoms with Gasteiger partial charge < -0.3 is 20.6 Å². The van der Waals surface area contributed by atoms with Crippen LogP contribution in [0.4, 0.5) is 29.2 Å². The summed E-state index contributed by atoms with van der Waals surface area (Å²) in [5.74, 6) is 0.622. The highest BCUT2D eigenvalue weighted by molar-refractivity contribution is 5.60. The number of anilines is 5. The zero-order chi connectivity index (χ0) is 16.7. The largest absolute Gasteiger partial charge is 0.396 e. The molecule has 0 spiro atoms. The van der Waals surface area contributed by atoms with E-state index in [9.17, 15) is 0 Å². The lowest BCUT2D eigenvalue weighted by Gasteiger charge is -2.13. The van der Waals surface area contributed by atoms with Crippen molar-refractivity contribution in [1.29, 1.82) is 0 Å². The van der Waals surface area contributed by atoms with Crippen molar-refractivity contribution in [2.45, 2.75) is 6.42 Å². The van der Waals surface area contributed by atoms with Crippen LogP contribution in [0.2, 0.25) is 0 Å². The Balaban J connectivity index is 2.12. The molecule has 0 aliphatic heterocycles. The number of nitrogens with zero attached hydrogens (tertiary/aromatic N) is 4. The predicted octanol–water partition coefficient (Wildman–Crippen LogP) is 1.28. The highest BCUT2D eigenvalue weighted by Crippen LogP contribution is 2.19. The minimum absolute atomic E-state index is 0.0268. The zero-order valence-electron chi connectivity index (χ0n) is 13.1. The van der Waals surface area contributed by atoms with Gasteiger partial charge in [-0.2, -0.15) is 15.0 Å². The van der Waals surface area contributed by atoms with Crippen LogP contribution in [0.15, 0.2) is 24.3 Å². The number of benzene rings is 1. The van der Waals surface area contributed by atoms with Gasteiger partial charge in [0.1, 0.15) is 0 Å². The molecule has 9 heteroatoms. The maximum atomic E-state index is 9.02. The van der Waals surface area contributed by atoms with Gasteiger partial charge in [0.2, 0.25) is 11.9 Å². The Morgan fingerprint density at radius 1 is 1.00 bits per heavy atom. The summed E-state index contributed by atoms with van der Waals surface area (Å²) in [6, 6.07) is 7.75. The van der Waals surface area contributed by atoms with E-state index in [0.29, 0.717) is 24.9 Å². The van der Waals surface area contributed by atoms with Crippen LogP contribution in [0, 0.1) is 0 Å². The fourth-order valence-electron chi connectivity index (χ4n) is 1.81. The lowest BCUT2D eigenvalue weighted by atomic mass is 10.2. The number of hydrogen-bond acceptors (Lipinski definition) is 9. The molecule has 0 saturated carbocycles. The van der Waals surface area contributed by atoms with E-state index in [2.05, 4.69) is 25.6 Å². The zero-order valence-corrected chi connectivity index (χ0v) is 13.1. The molecule has 1 aromatic carbocycles. The van der Waals surface area contributed by atoms with Gasteiger partial charge in [0.05, 0.1) is 0 Å². The van der Waals surface area contributed by atoms with Crippen LogP contribution < -0.4 is 21.0 Å². The number of hydrogen-bond donors (Lipinski definition) is 5. The molecule has 0 saturated heterocycles. The molecular weight excluding hydrogens is 298 g/mol. The monoisotopic (exact) mass is 319 g/mol. The van der Waals surface area contributed by atoms with Gasteiger partial charge in [-0.25, -0.2) is 5.48 Å². The molecule has 0 aliphatic carbocycles. The molecule has 2 rings (SSSR count). The second-order valence-electron chi connectivity index (χ2n) is 4.99. The summed E-state index contributed by atoms with van der Waals surface area (Å²) in [5.41, 5.74) is 3.80. The molecule has 0 fully saturated rings. The molecule has 0 amide bonds. The lowest BCUT2D eigenvalue weighted by molar-refractivity contribution is 0.292. The third-order valence-corrected chi connectivity index (χ3v) is 2.99. The molecule has 2 aromatic rings. The molecule has 0 radical (unpaired) electrons. The van der Waals surface area contributed by atoms with E-state index in [-0.39, 0.29) is 12.6 Å². The number of rotatable bonds is 8. The minimum atomic E-state index is 0.0268. The second-order valence-corrected chi connectivity index (χ2v) is 4.99. The van der Waals surface area contributed by atoms with Crippen molar-refractivity contribution < 1.29 is 10.3 Å².